The van der Waals surface area contributed by atoms with Crippen molar-refractivity contribution in [1.82, 2.24) is 5.32 Å². The fourth-order valence-corrected chi connectivity index (χ4v) is 2.94. The van der Waals surface area contributed by atoms with Crippen molar-refractivity contribution in [2.24, 2.45) is 5.92 Å². The van der Waals surface area contributed by atoms with Crippen LogP contribution in [0.3, 0.4) is 0 Å². The summed E-state index contributed by atoms with van der Waals surface area (Å²) < 4.78 is 16.7. The van der Waals surface area contributed by atoms with E-state index in [0.29, 0.717) is 25.2 Å². The van der Waals surface area contributed by atoms with Crippen molar-refractivity contribution in [1.29, 1.82) is 0 Å². The zero-order valence-corrected chi connectivity index (χ0v) is 13.3. The molecule has 1 aliphatic rings. The predicted octanol–water partition coefficient (Wildman–Crippen LogP) is 2.79. The number of benzene rings is 1. The summed E-state index contributed by atoms with van der Waals surface area (Å²) >= 11 is 0. The highest BCUT2D eigenvalue weighted by atomic mass is 16.5. The molecule has 1 aromatic carbocycles. The van der Waals surface area contributed by atoms with E-state index in [0.717, 1.165) is 25.3 Å². The molecule has 4 heteroatoms. The second-order valence-electron chi connectivity index (χ2n) is 5.55. The van der Waals surface area contributed by atoms with Gasteiger partial charge in [0.15, 0.2) is 0 Å². The summed E-state index contributed by atoms with van der Waals surface area (Å²) in [6, 6.07) is 8.55. The topological polar surface area (TPSA) is 39.7 Å². The van der Waals surface area contributed by atoms with Crippen molar-refractivity contribution in [2.75, 3.05) is 33.5 Å². The van der Waals surface area contributed by atoms with Crippen LogP contribution in [0.1, 0.15) is 31.9 Å². The molecule has 0 radical (unpaired) electrons. The zero-order chi connectivity index (χ0) is 15.1. The molecule has 0 saturated carbocycles. The first-order valence-electron chi connectivity index (χ1n) is 7.81. The molecule has 3 unspecified atom stereocenters. The van der Waals surface area contributed by atoms with Crippen molar-refractivity contribution in [3.8, 4) is 5.75 Å². The van der Waals surface area contributed by atoms with E-state index >= 15 is 0 Å². The Morgan fingerprint density at radius 1 is 1.33 bits per heavy atom. The standard InChI is InChI=1S/C17H27NO3/c1-4-18-17(14-11-13(2)21-12-14)15-7-5-6-8-16(15)20-10-9-19-3/h5-8,13-14,17-18H,4,9-12H2,1-3H3. The molecule has 21 heavy (non-hydrogen) atoms. The summed E-state index contributed by atoms with van der Waals surface area (Å²) in [5.41, 5.74) is 1.22. The number of hydrogen-bond donors (Lipinski definition) is 1. The Kier molecular flexibility index (Phi) is 6.49. The van der Waals surface area contributed by atoms with E-state index in [4.69, 9.17) is 14.2 Å². The Hall–Kier alpha value is -1.10. The minimum absolute atomic E-state index is 0.277. The molecular formula is C17H27NO3. The predicted molar refractivity (Wildman–Crippen MR) is 83.8 cm³/mol. The highest BCUT2D eigenvalue weighted by Gasteiger charge is 2.31. The largest absolute Gasteiger partial charge is 0.491 e. The van der Waals surface area contributed by atoms with Crippen LogP contribution in [0.15, 0.2) is 24.3 Å². The second kappa shape index (κ2) is 8.37. The van der Waals surface area contributed by atoms with Crippen LogP contribution in [-0.4, -0.2) is 39.6 Å². The minimum Gasteiger partial charge on any atom is -0.491 e. The van der Waals surface area contributed by atoms with E-state index < -0.39 is 0 Å². The molecule has 1 aromatic rings. The Bertz CT molecular complexity index is 424. The van der Waals surface area contributed by atoms with Crippen molar-refractivity contribution < 1.29 is 14.2 Å². The fraction of sp³-hybridized carbons (Fsp3) is 0.647. The maximum atomic E-state index is 5.89. The second-order valence-corrected chi connectivity index (χ2v) is 5.55. The average Bonchev–Trinajstić information content (AvgIpc) is 2.92. The van der Waals surface area contributed by atoms with Gasteiger partial charge in [-0.1, -0.05) is 25.1 Å². The van der Waals surface area contributed by atoms with E-state index in [1.807, 2.05) is 12.1 Å². The molecule has 3 atom stereocenters. The van der Waals surface area contributed by atoms with Crippen LogP contribution in [-0.2, 0) is 9.47 Å². The van der Waals surface area contributed by atoms with E-state index in [-0.39, 0.29) is 6.04 Å². The van der Waals surface area contributed by atoms with Crippen LogP contribution in [0.4, 0.5) is 0 Å². The zero-order valence-electron chi connectivity index (χ0n) is 13.3. The number of methoxy groups -OCH3 is 1. The molecule has 1 N–H and O–H groups in total. The molecule has 1 saturated heterocycles. The Balaban J connectivity index is 2.15. The van der Waals surface area contributed by atoms with Gasteiger partial charge in [-0.25, -0.2) is 0 Å². The molecule has 4 nitrogen and oxygen atoms in total. The monoisotopic (exact) mass is 293 g/mol. The Labute approximate surface area is 127 Å². The van der Waals surface area contributed by atoms with E-state index in [2.05, 4.69) is 31.3 Å². The highest BCUT2D eigenvalue weighted by molar-refractivity contribution is 5.36. The smallest absolute Gasteiger partial charge is 0.124 e. The molecule has 0 aliphatic carbocycles. The molecule has 118 valence electrons. The lowest BCUT2D eigenvalue weighted by molar-refractivity contribution is 0.116. The van der Waals surface area contributed by atoms with Gasteiger partial charge in [0.05, 0.1) is 19.3 Å². The number of hydrogen-bond acceptors (Lipinski definition) is 4. The lowest BCUT2D eigenvalue weighted by atomic mass is 9.90. The number of para-hydroxylation sites is 1. The van der Waals surface area contributed by atoms with Gasteiger partial charge in [-0.2, -0.15) is 0 Å². The third-order valence-corrected chi connectivity index (χ3v) is 3.92. The maximum absolute atomic E-state index is 5.89. The normalized spacial score (nSPS) is 23.2. The average molecular weight is 293 g/mol. The van der Waals surface area contributed by atoms with Crippen LogP contribution in [0.2, 0.25) is 0 Å². The number of rotatable bonds is 8. The number of ether oxygens (including phenoxy) is 3. The third kappa shape index (κ3) is 4.43. The van der Waals surface area contributed by atoms with E-state index in [1.165, 1.54) is 5.56 Å². The molecule has 1 aliphatic heterocycles. The van der Waals surface area contributed by atoms with Gasteiger partial charge >= 0.3 is 0 Å². The number of nitrogens with one attached hydrogen (secondary N) is 1. The summed E-state index contributed by atoms with van der Waals surface area (Å²) in [4.78, 5) is 0. The molecule has 1 heterocycles. The van der Waals surface area contributed by atoms with Gasteiger partial charge < -0.3 is 19.5 Å². The van der Waals surface area contributed by atoms with Gasteiger partial charge in [-0.05, 0) is 26.0 Å². The van der Waals surface area contributed by atoms with E-state index in [9.17, 15) is 0 Å². The first-order valence-corrected chi connectivity index (χ1v) is 7.81. The van der Waals surface area contributed by atoms with Gasteiger partial charge in [0.2, 0.25) is 0 Å². The maximum Gasteiger partial charge on any atom is 0.124 e. The van der Waals surface area contributed by atoms with Crippen LogP contribution in [0, 0.1) is 5.92 Å². The van der Waals surface area contributed by atoms with Gasteiger partial charge in [-0.15, -0.1) is 0 Å². The Morgan fingerprint density at radius 3 is 2.81 bits per heavy atom. The van der Waals surface area contributed by atoms with Crippen molar-refractivity contribution in [2.45, 2.75) is 32.4 Å². The van der Waals surface area contributed by atoms with Gasteiger partial charge in [0.1, 0.15) is 12.4 Å². The Morgan fingerprint density at radius 2 is 2.14 bits per heavy atom. The molecule has 0 aromatic heterocycles. The lowest BCUT2D eigenvalue weighted by Gasteiger charge is -2.26. The first-order chi connectivity index (χ1) is 10.3. The third-order valence-electron chi connectivity index (χ3n) is 3.92. The summed E-state index contributed by atoms with van der Waals surface area (Å²) in [7, 11) is 1.69. The summed E-state index contributed by atoms with van der Waals surface area (Å²) in [6.45, 7) is 7.20. The summed E-state index contributed by atoms with van der Waals surface area (Å²) in [5.74, 6) is 1.44. The van der Waals surface area contributed by atoms with Gasteiger partial charge in [0.25, 0.3) is 0 Å². The van der Waals surface area contributed by atoms with Crippen molar-refractivity contribution in [3.05, 3.63) is 29.8 Å². The van der Waals surface area contributed by atoms with Crippen LogP contribution >= 0.6 is 0 Å². The molecule has 2 rings (SSSR count). The van der Waals surface area contributed by atoms with Gasteiger partial charge in [0, 0.05) is 24.6 Å². The van der Waals surface area contributed by atoms with E-state index in [1.54, 1.807) is 7.11 Å². The fourth-order valence-electron chi connectivity index (χ4n) is 2.94. The summed E-state index contributed by atoms with van der Waals surface area (Å²) in [5, 5.41) is 3.60. The highest BCUT2D eigenvalue weighted by Crippen LogP contribution is 2.35. The molecule has 1 fully saturated rings. The molecule has 0 bridgehead atoms. The SMILES string of the molecule is CCNC(c1ccccc1OCCOC)C1COC(C)C1. The molecule has 0 amide bonds. The molecular weight excluding hydrogens is 266 g/mol. The quantitative estimate of drug-likeness (QED) is 0.748. The van der Waals surface area contributed by atoms with Gasteiger partial charge in [-0.3, -0.25) is 0 Å². The molecule has 0 spiro atoms. The summed E-state index contributed by atoms with van der Waals surface area (Å²) in [6.07, 6.45) is 1.43. The van der Waals surface area contributed by atoms with Crippen LogP contribution in [0.5, 0.6) is 5.75 Å². The van der Waals surface area contributed by atoms with Crippen molar-refractivity contribution >= 4 is 0 Å². The minimum atomic E-state index is 0.277. The van der Waals surface area contributed by atoms with Crippen LogP contribution < -0.4 is 10.1 Å². The van der Waals surface area contributed by atoms with Crippen molar-refractivity contribution in [3.63, 3.8) is 0 Å². The van der Waals surface area contributed by atoms with Crippen LogP contribution in [0.25, 0.3) is 0 Å². The first kappa shape index (κ1) is 16.3. The lowest BCUT2D eigenvalue weighted by Crippen LogP contribution is -2.29.